The molecule has 2 aromatic carbocycles. The number of thioether (sulfide) groups is 1. The molecule has 10 nitrogen and oxygen atoms in total. The number of benzene rings is 2. The molecule has 0 spiro atoms. The molecule has 0 atom stereocenters. The lowest BCUT2D eigenvalue weighted by atomic mass is 10.1. The number of rotatable bonds is 8. The van der Waals surface area contributed by atoms with Gasteiger partial charge in [-0.2, -0.15) is 0 Å². The first-order valence-corrected chi connectivity index (χ1v) is 11.7. The number of anilines is 2. The maximum absolute atomic E-state index is 13.4. The molecule has 2 amide bonds. The zero-order chi connectivity index (χ0) is 24.8. The Labute approximate surface area is 206 Å². The van der Waals surface area contributed by atoms with Gasteiger partial charge in [-0.25, -0.2) is 4.99 Å². The molecule has 1 aliphatic rings. The van der Waals surface area contributed by atoms with Crippen molar-refractivity contribution in [2.24, 2.45) is 4.99 Å². The van der Waals surface area contributed by atoms with Gasteiger partial charge in [-0.05, 0) is 31.2 Å². The summed E-state index contributed by atoms with van der Waals surface area (Å²) in [7, 11) is 3.08. The van der Waals surface area contributed by atoms with Crippen LogP contribution in [0.15, 0.2) is 69.9 Å². The Morgan fingerprint density at radius 1 is 1.17 bits per heavy atom. The molecule has 0 fully saturated rings. The Balaban J connectivity index is 1.60. The minimum absolute atomic E-state index is 0.0119. The third-order valence-corrected chi connectivity index (χ3v) is 5.94. The van der Waals surface area contributed by atoms with Crippen molar-refractivity contribution in [1.82, 2.24) is 5.27 Å². The molecule has 0 bridgehead atoms. The van der Waals surface area contributed by atoms with Crippen LogP contribution in [-0.4, -0.2) is 42.2 Å². The maximum Gasteiger partial charge on any atom is 0.302 e. The van der Waals surface area contributed by atoms with E-state index in [-0.39, 0.29) is 29.1 Å². The number of aryl methyl sites for hydroxylation is 1. The number of aromatic nitrogens is 2. The standard InChI is InChI=1S/C24H23N5O5S/c1-4-28-14-21(34-27-28)26-20(30)15-35-24-25-18(23(31)29(24)17-10-6-5-7-11-17)13-16-9-8-12-19(32-2)22(16)33-3/h5-14H,4,15H2,1-3H3/p+1/b18-13+. The third-order valence-electron chi connectivity index (χ3n) is 5.00. The third kappa shape index (κ3) is 5.35. The summed E-state index contributed by atoms with van der Waals surface area (Å²) in [6.07, 6.45) is 3.24. The minimum atomic E-state index is -0.316. The maximum atomic E-state index is 13.4. The van der Waals surface area contributed by atoms with Crippen molar-refractivity contribution in [3.63, 3.8) is 0 Å². The van der Waals surface area contributed by atoms with E-state index in [1.807, 2.05) is 31.2 Å². The molecule has 3 aromatic rings. The number of ether oxygens (including phenoxy) is 2. The summed E-state index contributed by atoms with van der Waals surface area (Å²) < 4.78 is 17.5. The summed E-state index contributed by atoms with van der Waals surface area (Å²) >= 11 is 1.14. The van der Waals surface area contributed by atoms with Gasteiger partial charge in [0.15, 0.2) is 23.2 Å². The summed E-state index contributed by atoms with van der Waals surface area (Å²) in [5.74, 6) is 0.658. The highest BCUT2D eigenvalue weighted by atomic mass is 32.2. The molecule has 1 aromatic heterocycles. The van der Waals surface area contributed by atoms with Crippen molar-refractivity contribution >= 4 is 46.4 Å². The summed E-state index contributed by atoms with van der Waals surface area (Å²) in [6, 6.07) is 14.5. The topological polar surface area (TPSA) is 110 Å². The molecular weight excluding hydrogens is 470 g/mol. The Morgan fingerprint density at radius 3 is 2.66 bits per heavy atom. The number of amidine groups is 1. The lowest BCUT2D eigenvalue weighted by Gasteiger charge is -2.17. The summed E-state index contributed by atoms with van der Waals surface area (Å²) in [5, 5.41) is 6.81. The SMILES string of the molecule is CC[n+]1cc(NC(=O)CSC2=N/C(=C/c3cccc(OC)c3OC)C(=O)N2c2ccccc2)on1. The second-order valence-electron chi connectivity index (χ2n) is 7.24. The Morgan fingerprint density at radius 2 is 1.97 bits per heavy atom. The number of amides is 2. The molecule has 180 valence electrons. The number of para-hydroxylation sites is 2. The van der Waals surface area contributed by atoms with Crippen LogP contribution in [0.25, 0.3) is 6.08 Å². The second kappa shape index (κ2) is 10.9. The molecule has 0 radical (unpaired) electrons. The van der Waals surface area contributed by atoms with Crippen LogP contribution in [0.1, 0.15) is 12.5 Å². The van der Waals surface area contributed by atoms with Crippen LogP contribution in [0.4, 0.5) is 11.6 Å². The van der Waals surface area contributed by atoms with Gasteiger partial charge < -0.3 is 9.47 Å². The number of aliphatic imine (C=N–C) groups is 1. The molecule has 0 unspecified atom stereocenters. The van der Waals surface area contributed by atoms with Crippen LogP contribution in [0.5, 0.6) is 11.5 Å². The van der Waals surface area contributed by atoms with Gasteiger partial charge in [0.05, 0.1) is 25.7 Å². The monoisotopic (exact) mass is 494 g/mol. The first-order chi connectivity index (χ1) is 17.0. The van der Waals surface area contributed by atoms with E-state index < -0.39 is 0 Å². The van der Waals surface area contributed by atoms with E-state index in [1.54, 1.807) is 48.3 Å². The van der Waals surface area contributed by atoms with Gasteiger partial charge in [0.1, 0.15) is 5.70 Å². The number of hydrogen-bond acceptors (Lipinski definition) is 8. The Kier molecular flexibility index (Phi) is 7.46. The van der Waals surface area contributed by atoms with Gasteiger partial charge >= 0.3 is 5.88 Å². The van der Waals surface area contributed by atoms with Gasteiger partial charge in [-0.15, -0.1) is 0 Å². The summed E-state index contributed by atoms with van der Waals surface area (Å²) in [5.41, 5.74) is 1.50. The molecular formula is C24H24N5O5S+. The molecule has 1 aliphatic heterocycles. The number of nitrogens with zero attached hydrogens (tertiary/aromatic N) is 4. The quantitative estimate of drug-likeness (QED) is 0.378. The lowest BCUT2D eigenvalue weighted by Crippen LogP contribution is -2.33. The minimum Gasteiger partial charge on any atom is -0.493 e. The van der Waals surface area contributed by atoms with Crippen LogP contribution < -0.4 is 24.4 Å². The number of methoxy groups -OCH3 is 2. The van der Waals surface area contributed by atoms with Crippen LogP contribution in [0.3, 0.4) is 0 Å². The fourth-order valence-electron chi connectivity index (χ4n) is 3.36. The zero-order valence-electron chi connectivity index (χ0n) is 19.4. The first kappa shape index (κ1) is 24.0. The smallest absolute Gasteiger partial charge is 0.302 e. The molecule has 11 heteroatoms. The number of nitrogens with one attached hydrogen (secondary N) is 1. The Bertz CT molecular complexity index is 1290. The van der Waals surface area contributed by atoms with Gasteiger partial charge in [0, 0.05) is 5.56 Å². The highest BCUT2D eigenvalue weighted by Gasteiger charge is 2.32. The van der Waals surface area contributed by atoms with E-state index in [4.69, 9.17) is 14.0 Å². The predicted octanol–water partition coefficient (Wildman–Crippen LogP) is 3.11. The van der Waals surface area contributed by atoms with Crippen LogP contribution in [0, 0.1) is 0 Å². The van der Waals surface area contributed by atoms with Crippen molar-refractivity contribution in [3.05, 3.63) is 66.0 Å². The van der Waals surface area contributed by atoms with Crippen molar-refractivity contribution in [3.8, 4) is 11.5 Å². The lowest BCUT2D eigenvalue weighted by molar-refractivity contribution is -0.759. The van der Waals surface area contributed by atoms with Gasteiger partial charge in [0.2, 0.25) is 11.2 Å². The van der Waals surface area contributed by atoms with E-state index in [0.29, 0.717) is 34.5 Å². The van der Waals surface area contributed by atoms with Crippen molar-refractivity contribution in [2.75, 3.05) is 30.2 Å². The molecule has 2 heterocycles. The number of carbonyl (C=O) groups is 2. The van der Waals surface area contributed by atoms with E-state index >= 15 is 0 Å². The first-order valence-electron chi connectivity index (χ1n) is 10.7. The van der Waals surface area contributed by atoms with Gasteiger partial charge in [0.25, 0.3) is 12.1 Å². The molecule has 4 rings (SSSR count). The Hall–Kier alpha value is -4.12. The van der Waals surface area contributed by atoms with Crippen LogP contribution >= 0.6 is 11.8 Å². The van der Waals surface area contributed by atoms with Crippen molar-refractivity contribution in [1.29, 1.82) is 0 Å². The van der Waals surface area contributed by atoms with Crippen LogP contribution in [-0.2, 0) is 16.1 Å². The second-order valence-corrected chi connectivity index (χ2v) is 8.18. The summed E-state index contributed by atoms with van der Waals surface area (Å²) in [4.78, 5) is 31.9. The van der Waals surface area contributed by atoms with Crippen molar-refractivity contribution < 1.29 is 28.3 Å². The summed E-state index contributed by atoms with van der Waals surface area (Å²) in [6.45, 7) is 2.52. The van der Waals surface area contributed by atoms with Crippen LogP contribution in [0.2, 0.25) is 0 Å². The average molecular weight is 495 g/mol. The molecule has 35 heavy (non-hydrogen) atoms. The molecule has 1 N–H and O–H groups in total. The highest BCUT2D eigenvalue weighted by molar-refractivity contribution is 8.14. The number of carbonyl (C=O) groups excluding carboxylic acids is 2. The molecule has 0 saturated heterocycles. The normalized spacial score (nSPS) is 14.3. The number of hydrogen-bond donors (Lipinski definition) is 1. The van der Waals surface area contributed by atoms with E-state index in [9.17, 15) is 9.59 Å². The van der Waals surface area contributed by atoms with Crippen molar-refractivity contribution in [2.45, 2.75) is 13.5 Å². The predicted molar refractivity (Wildman–Crippen MR) is 132 cm³/mol. The van der Waals surface area contributed by atoms with E-state index in [2.05, 4.69) is 15.6 Å². The van der Waals surface area contributed by atoms with Gasteiger partial charge in [-0.1, -0.05) is 46.8 Å². The zero-order valence-corrected chi connectivity index (χ0v) is 20.2. The van der Waals surface area contributed by atoms with E-state index in [1.165, 1.54) is 12.0 Å². The average Bonchev–Trinajstić information content (AvgIpc) is 3.46. The molecule has 0 aliphatic carbocycles. The highest BCUT2D eigenvalue weighted by Crippen LogP contribution is 2.35. The van der Waals surface area contributed by atoms with Gasteiger partial charge in [-0.3, -0.25) is 24.3 Å². The fraction of sp³-hybridized carbons (Fsp3) is 0.208. The molecule has 0 saturated carbocycles. The van der Waals surface area contributed by atoms with E-state index in [0.717, 1.165) is 11.8 Å². The largest absolute Gasteiger partial charge is 0.493 e. The fourth-order valence-corrected chi connectivity index (χ4v) is 4.17.